The van der Waals surface area contributed by atoms with Gasteiger partial charge in [-0.25, -0.2) is 4.98 Å². The summed E-state index contributed by atoms with van der Waals surface area (Å²) < 4.78 is 6.05. The summed E-state index contributed by atoms with van der Waals surface area (Å²) in [5, 5.41) is 0. The lowest BCUT2D eigenvalue weighted by Crippen LogP contribution is -2.35. The van der Waals surface area contributed by atoms with Crippen LogP contribution < -0.4 is 10.5 Å². The van der Waals surface area contributed by atoms with Crippen molar-refractivity contribution in [2.24, 2.45) is 11.7 Å². The average Bonchev–Trinajstić information content (AvgIpc) is 2.38. The van der Waals surface area contributed by atoms with E-state index in [-0.39, 0.29) is 6.10 Å². The summed E-state index contributed by atoms with van der Waals surface area (Å²) in [5.41, 5.74) is 6.86. The molecule has 1 heterocycles. The number of hydrogen-bond acceptors (Lipinski definition) is 4. The molecule has 2 atom stereocenters. The van der Waals surface area contributed by atoms with Gasteiger partial charge in [0.25, 0.3) is 0 Å². The first-order valence-electron chi connectivity index (χ1n) is 6.94. The summed E-state index contributed by atoms with van der Waals surface area (Å²) in [6.45, 7) is 4.71. The van der Waals surface area contributed by atoms with Crippen LogP contribution in [0.1, 0.15) is 44.1 Å². The molecule has 0 aromatic carbocycles. The third-order valence-electron chi connectivity index (χ3n) is 3.64. The highest BCUT2D eigenvalue weighted by atomic mass is 16.5. The first-order chi connectivity index (χ1) is 8.72. The third kappa shape index (κ3) is 3.19. The predicted molar refractivity (Wildman–Crippen MR) is 71.6 cm³/mol. The Labute approximate surface area is 109 Å². The lowest BCUT2D eigenvalue weighted by molar-refractivity contribution is 0.0918. The lowest BCUT2D eigenvalue weighted by Gasteiger charge is -2.30. The van der Waals surface area contributed by atoms with Gasteiger partial charge < -0.3 is 10.5 Å². The van der Waals surface area contributed by atoms with Crippen molar-refractivity contribution in [3.63, 3.8) is 0 Å². The van der Waals surface area contributed by atoms with Gasteiger partial charge in [-0.2, -0.15) is 4.98 Å². The summed E-state index contributed by atoms with van der Waals surface area (Å²) in [6.07, 6.45) is 5.89. The Morgan fingerprint density at radius 2 is 2.11 bits per heavy atom. The molecule has 4 heteroatoms. The molecule has 2 rings (SSSR count). The van der Waals surface area contributed by atoms with Crippen molar-refractivity contribution in [2.45, 2.75) is 52.1 Å². The van der Waals surface area contributed by atoms with Crippen LogP contribution in [-0.2, 0) is 6.42 Å². The normalized spacial score (nSPS) is 23.9. The van der Waals surface area contributed by atoms with E-state index in [1.165, 1.54) is 19.3 Å². The fourth-order valence-corrected chi connectivity index (χ4v) is 2.59. The Kier molecular flexibility index (Phi) is 4.53. The summed E-state index contributed by atoms with van der Waals surface area (Å²) in [5.74, 6) is 1.97. The molecule has 18 heavy (non-hydrogen) atoms. The molecule has 1 aliphatic carbocycles. The van der Waals surface area contributed by atoms with Gasteiger partial charge in [0.15, 0.2) is 0 Å². The molecule has 1 aromatic heterocycles. The molecule has 1 fully saturated rings. The van der Waals surface area contributed by atoms with E-state index in [1.807, 2.05) is 13.0 Å². The molecule has 4 nitrogen and oxygen atoms in total. The molecule has 1 aliphatic rings. The van der Waals surface area contributed by atoms with E-state index in [4.69, 9.17) is 10.5 Å². The van der Waals surface area contributed by atoms with E-state index in [0.717, 1.165) is 24.4 Å². The maximum Gasteiger partial charge on any atom is 0.217 e. The third-order valence-corrected chi connectivity index (χ3v) is 3.64. The molecule has 1 aromatic rings. The molecule has 0 spiro atoms. The predicted octanol–water partition coefficient (Wildman–Crippen LogP) is 2.24. The molecule has 0 saturated heterocycles. The Hall–Kier alpha value is -1.16. The number of nitrogens with zero attached hydrogens (tertiary/aromatic N) is 2. The van der Waals surface area contributed by atoms with Crippen LogP contribution in [0.25, 0.3) is 0 Å². The second-order valence-corrected chi connectivity index (χ2v) is 5.03. The molecular formula is C14H23N3O. The van der Waals surface area contributed by atoms with Crippen LogP contribution in [-0.4, -0.2) is 22.6 Å². The zero-order chi connectivity index (χ0) is 13.0. The van der Waals surface area contributed by atoms with Crippen molar-refractivity contribution in [1.29, 1.82) is 0 Å². The Bertz CT molecular complexity index is 395. The van der Waals surface area contributed by atoms with Gasteiger partial charge in [0.1, 0.15) is 11.9 Å². The molecule has 0 amide bonds. The minimum absolute atomic E-state index is 0.225. The van der Waals surface area contributed by atoms with Gasteiger partial charge >= 0.3 is 0 Å². The summed E-state index contributed by atoms with van der Waals surface area (Å²) in [7, 11) is 0. The maximum absolute atomic E-state index is 6.05. The molecule has 1 saturated carbocycles. The highest BCUT2D eigenvalue weighted by molar-refractivity contribution is 5.16. The van der Waals surface area contributed by atoms with Gasteiger partial charge in [0.05, 0.1) is 0 Å². The van der Waals surface area contributed by atoms with Crippen molar-refractivity contribution in [3.05, 3.63) is 17.6 Å². The zero-order valence-electron chi connectivity index (χ0n) is 11.4. The van der Waals surface area contributed by atoms with Crippen molar-refractivity contribution in [3.8, 4) is 5.88 Å². The van der Waals surface area contributed by atoms with Crippen LogP contribution in [0.3, 0.4) is 0 Å². The molecule has 100 valence electrons. The van der Waals surface area contributed by atoms with E-state index in [0.29, 0.717) is 18.3 Å². The molecule has 2 N–H and O–H groups in total. The Balaban J connectivity index is 2.09. The van der Waals surface area contributed by atoms with E-state index in [2.05, 4.69) is 16.9 Å². The fraction of sp³-hybridized carbons (Fsp3) is 0.714. The highest BCUT2D eigenvalue weighted by Crippen LogP contribution is 2.27. The number of aromatic nitrogens is 2. The summed E-state index contributed by atoms with van der Waals surface area (Å²) in [6, 6.07) is 1.95. The zero-order valence-corrected chi connectivity index (χ0v) is 11.4. The van der Waals surface area contributed by atoms with Crippen LogP contribution in [0.15, 0.2) is 6.07 Å². The van der Waals surface area contributed by atoms with Gasteiger partial charge in [-0.1, -0.05) is 13.3 Å². The number of hydrogen-bond donors (Lipinski definition) is 1. The SMILES string of the molecule is CCc1cc(OC2CCCCC2CN)nc(C)n1. The van der Waals surface area contributed by atoms with Crippen LogP contribution in [0.2, 0.25) is 0 Å². The summed E-state index contributed by atoms with van der Waals surface area (Å²) in [4.78, 5) is 8.74. The number of rotatable bonds is 4. The second kappa shape index (κ2) is 6.14. The van der Waals surface area contributed by atoms with Crippen LogP contribution in [0, 0.1) is 12.8 Å². The summed E-state index contributed by atoms with van der Waals surface area (Å²) >= 11 is 0. The van der Waals surface area contributed by atoms with Crippen LogP contribution in [0.4, 0.5) is 0 Å². The second-order valence-electron chi connectivity index (χ2n) is 5.03. The molecular weight excluding hydrogens is 226 g/mol. The highest BCUT2D eigenvalue weighted by Gasteiger charge is 2.26. The van der Waals surface area contributed by atoms with Crippen LogP contribution >= 0.6 is 0 Å². The standard InChI is InChI=1S/C14H23N3O/c1-3-12-8-14(17-10(2)16-12)18-13-7-5-4-6-11(13)9-15/h8,11,13H,3-7,9,15H2,1-2H3. The average molecular weight is 249 g/mol. The Morgan fingerprint density at radius 1 is 1.33 bits per heavy atom. The lowest BCUT2D eigenvalue weighted by atomic mass is 9.86. The Morgan fingerprint density at radius 3 is 2.83 bits per heavy atom. The first-order valence-corrected chi connectivity index (χ1v) is 6.94. The van der Waals surface area contributed by atoms with E-state index in [1.54, 1.807) is 0 Å². The molecule has 2 unspecified atom stereocenters. The first kappa shape index (κ1) is 13.3. The van der Waals surface area contributed by atoms with Crippen molar-refractivity contribution in [2.75, 3.05) is 6.54 Å². The number of ether oxygens (including phenoxy) is 1. The molecule has 0 aliphatic heterocycles. The van der Waals surface area contributed by atoms with E-state index >= 15 is 0 Å². The largest absolute Gasteiger partial charge is 0.474 e. The molecule has 0 radical (unpaired) electrons. The van der Waals surface area contributed by atoms with Gasteiger partial charge in [-0.15, -0.1) is 0 Å². The smallest absolute Gasteiger partial charge is 0.217 e. The molecule has 0 bridgehead atoms. The van der Waals surface area contributed by atoms with Gasteiger partial charge in [-0.05, 0) is 39.2 Å². The van der Waals surface area contributed by atoms with E-state index < -0.39 is 0 Å². The minimum atomic E-state index is 0.225. The monoisotopic (exact) mass is 249 g/mol. The number of aryl methyl sites for hydroxylation is 2. The maximum atomic E-state index is 6.05. The van der Waals surface area contributed by atoms with Crippen molar-refractivity contribution >= 4 is 0 Å². The fourth-order valence-electron chi connectivity index (χ4n) is 2.59. The van der Waals surface area contributed by atoms with Crippen LogP contribution in [0.5, 0.6) is 5.88 Å². The quantitative estimate of drug-likeness (QED) is 0.889. The van der Waals surface area contributed by atoms with Crippen molar-refractivity contribution in [1.82, 2.24) is 9.97 Å². The van der Waals surface area contributed by atoms with Crippen molar-refractivity contribution < 1.29 is 4.74 Å². The topological polar surface area (TPSA) is 61.0 Å². The van der Waals surface area contributed by atoms with Gasteiger partial charge in [-0.3, -0.25) is 0 Å². The van der Waals surface area contributed by atoms with Gasteiger partial charge in [0.2, 0.25) is 5.88 Å². The van der Waals surface area contributed by atoms with Gasteiger partial charge in [0, 0.05) is 17.7 Å². The van der Waals surface area contributed by atoms with E-state index in [9.17, 15) is 0 Å². The number of nitrogens with two attached hydrogens (primary N) is 1. The minimum Gasteiger partial charge on any atom is -0.474 e.